The summed E-state index contributed by atoms with van der Waals surface area (Å²) in [5, 5.41) is 10.4. The van der Waals surface area contributed by atoms with Crippen molar-refractivity contribution in [1.29, 1.82) is 0 Å². The molecular formula is C60H42N2Si. The van der Waals surface area contributed by atoms with Crippen molar-refractivity contribution in [2.45, 2.75) is 0 Å². The molecule has 0 unspecified atom stereocenters. The van der Waals surface area contributed by atoms with Crippen LogP contribution in [0.25, 0.3) is 77.2 Å². The third kappa shape index (κ3) is 5.85. The van der Waals surface area contributed by atoms with Crippen molar-refractivity contribution in [2.75, 3.05) is 0 Å². The molecule has 10 aromatic carbocycles. The van der Waals surface area contributed by atoms with Gasteiger partial charge in [-0.1, -0.05) is 212 Å². The molecule has 0 N–H and O–H groups in total. The molecule has 0 radical (unpaired) electrons. The van der Waals surface area contributed by atoms with Crippen LogP contribution in [-0.2, 0) is 0 Å². The van der Waals surface area contributed by atoms with Gasteiger partial charge in [-0.3, -0.25) is 0 Å². The summed E-state index contributed by atoms with van der Waals surface area (Å²) in [5.41, 5.74) is 11.9. The molecule has 0 spiro atoms. The van der Waals surface area contributed by atoms with Crippen LogP contribution in [-0.4, -0.2) is 17.2 Å². The maximum Gasteiger partial charge on any atom is 0.179 e. The van der Waals surface area contributed by atoms with E-state index in [2.05, 4.69) is 264 Å². The van der Waals surface area contributed by atoms with E-state index < -0.39 is 8.07 Å². The SMILES string of the molecule is c1ccc(-c2ccccc2-c2cccc(-n3c4ccccc4c4ccc5c(c6ccccc6n5-c5cccc([Si](c6ccccc6)(c6ccccc6)c6ccccc6)c5)c43)c2)cc1. The monoisotopic (exact) mass is 818 g/mol. The summed E-state index contributed by atoms with van der Waals surface area (Å²) in [6.45, 7) is 0. The van der Waals surface area contributed by atoms with Crippen molar-refractivity contribution in [2.24, 2.45) is 0 Å². The van der Waals surface area contributed by atoms with Crippen LogP contribution in [0.5, 0.6) is 0 Å². The second-order valence-corrected chi connectivity index (χ2v) is 20.2. The Morgan fingerprint density at radius 2 is 0.730 bits per heavy atom. The Hall–Kier alpha value is -7.98. The first-order valence-corrected chi connectivity index (χ1v) is 23.8. The maximum atomic E-state index is 2.51. The molecule has 12 aromatic rings. The van der Waals surface area contributed by atoms with Gasteiger partial charge in [0.2, 0.25) is 0 Å². The van der Waals surface area contributed by atoms with E-state index in [1.807, 2.05) is 0 Å². The summed E-state index contributed by atoms with van der Waals surface area (Å²) in [6.07, 6.45) is 0. The highest BCUT2D eigenvalue weighted by Crippen LogP contribution is 2.43. The summed E-state index contributed by atoms with van der Waals surface area (Å²) in [6, 6.07) is 94.2. The Balaban J connectivity index is 1.13. The van der Waals surface area contributed by atoms with Crippen LogP contribution < -0.4 is 20.7 Å². The quantitative estimate of drug-likeness (QED) is 0.107. The smallest absolute Gasteiger partial charge is 0.179 e. The van der Waals surface area contributed by atoms with Gasteiger partial charge in [-0.15, -0.1) is 0 Å². The molecule has 3 heteroatoms. The predicted octanol–water partition coefficient (Wildman–Crippen LogP) is 12.6. The number of nitrogens with zero attached hydrogens (tertiary/aromatic N) is 2. The molecule has 296 valence electrons. The van der Waals surface area contributed by atoms with Crippen LogP contribution in [0, 0.1) is 0 Å². The number of aromatic nitrogens is 2. The molecule has 12 rings (SSSR count). The minimum Gasteiger partial charge on any atom is -0.309 e. The third-order valence-electron chi connectivity index (χ3n) is 13.1. The fraction of sp³-hybridized carbons (Fsp3) is 0. The Kier molecular flexibility index (Phi) is 8.87. The molecule has 2 aromatic heterocycles. The maximum absolute atomic E-state index is 2.77. The van der Waals surface area contributed by atoms with E-state index in [4.69, 9.17) is 0 Å². The average molecular weight is 819 g/mol. The normalized spacial score (nSPS) is 11.8. The molecule has 0 aliphatic carbocycles. The van der Waals surface area contributed by atoms with Crippen molar-refractivity contribution in [3.8, 4) is 33.6 Å². The largest absolute Gasteiger partial charge is 0.309 e. The van der Waals surface area contributed by atoms with Gasteiger partial charge in [0.1, 0.15) is 0 Å². The fourth-order valence-corrected chi connectivity index (χ4v) is 15.2. The first-order valence-electron chi connectivity index (χ1n) is 21.8. The third-order valence-corrected chi connectivity index (χ3v) is 17.8. The van der Waals surface area contributed by atoms with Crippen molar-refractivity contribution in [3.05, 3.63) is 255 Å². The van der Waals surface area contributed by atoms with E-state index in [1.165, 1.54) is 86.6 Å². The Morgan fingerprint density at radius 1 is 0.270 bits per heavy atom. The van der Waals surface area contributed by atoms with Crippen LogP contribution in [0.1, 0.15) is 0 Å². The predicted molar refractivity (Wildman–Crippen MR) is 270 cm³/mol. The molecule has 0 bridgehead atoms. The minimum absolute atomic E-state index is 1.14. The molecule has 63 heavy (non-hydrogen) atoms. The summed E-state index contributed by atoms with van der Waals surface area (Å²) in [5.74, 6) is 0. The number of rotatable bonds is 8. The van der Waals surface area contributed by atoms with E-state index in [0.717, 1.165) is 11.4 Å². The summed E-state index contributed by atoms with van der Waals surface area (Å²) < 4.78 is 5.01. The highest BCUT2D eigenvalue weighted by Gasteiger charge is 2.41. The van der Waals surface area contributed by atoms with Crippen molar-refractivity contribution in [1.82, 2.24) is 9.13 Å². The number of para-hydroxylation sites is 2. The van der Waals surface area contributed by atoms with Gasteiger partial charge >= 0.3 is 0 Å². The van der Waals surface area contributed by atoms with E-state index in [1.54, 1.807) is 0 Å². The highest BCUT2D eigenvalue weighted by molar-refractivity contribution is 7.19. The molecular weight excluding hydrogens is 777 g/mol. The van der Waals surface area contributed by atoms with Crippen LogP contribution in [0.4, 0.5) is 0 Å². The fourth-order valence-electron chi connectivity index (χ4n) is 10.4. The summed E-state index contributed by atoms with van der Waals surface area (Å²) >= 11 is 0. The molecule has 0 fully saturated rings. The molecule has 0 saturated heterocycles. The zero-order chi connectivity index (χ0) is 41.7. The van der Waals surface area contributed by atoms with Gasteiger partial charge in [-0.05, 0) is 85.5 Å². The molecule has 0 aliphatic rings. The highest BCUT2D eigenvalue weighted by atomic mass is 28.3. The standard InChI is InChI=1S/C60H42N2Si/c1-5-21-43(22-6-1)51-33-13-14-34-52(51)44-23-19-24-45(41-44)62-56-37-17-15-35-53(56)54-39-40-58-59(60(54)62)55-36-16-18-38-57(55)61(58)46-25-20-32-50(42-46)63(47-26-7-2-8-27-47,48-28-9-3-10-29-48)49-30-11-4-12-31-49/h1-42H. The van der Waals surface area contributed by atoms with Gasteiger partial charge in [-0.2, -0.15) is 0 Å². The van der Waals surface area contributed by atoms with E-state index >= 15 is 0 Å². The molecule has 2 heterocycles. The summed E-state index contributed by atoms with van der Waals surface area (Å²) in [4.78, 5) is 0. The van der Waals surface area contributed by atoms with E-state index in [9.17, 15) is 0 Å². The van der Waals surface area contributed by atoms with Gasteiger partial charge < -0.3 is 9.13 Å². The van der Waals surface area contributed by atoms with Crippen molar-refractivity contribution >= 4 is 72.4 Å². The van der Waals surface area contributed by atoms with Gasteiger partial charge in [0, 0.05) is 32.9 Å². The average Bonchev–Trinajstić information content (AvgIpc) is 3.89. The number of hydrogen-bond acceptors (Lipinski definition) is 0. The van der Waals surface area contributed by atoms with Gasteiger partial charge in [0.05, 0.1) is 22.1 Å². The van der Waals surface area contributed by atoms with Crippen LogP contribution >= 0.6 is 0 Å². The van der Waals surface area contributed by atoms with Crippen molar-refractivity contribution < 1.29 is 0 Å². The van der Waals surface area contributed by atoms with Crippen LogP contribution in [0.15, 0.2) is 255 Å². The number of hydrogen-bond donors (Lipinski definition) is 0. The Bertz CT molecular complexity index is 3510. The first-order chi connectivity index (χ1) is 31.3. The molecule has 0 amide bonds. The molecule has 0 saturated carbocycles. The second kappa shape index (κ2) is 15.2. The minimum atomic E-state index is -2.77. The van der Waals surface area contributed by atoms with E-state index in [-0.39, 0.29) is 0 Å². The topological polar surface area (TPSA) is 9.86 Å². The van der Waals surface area contributed by atoms with Gasteiger partial charge in [0.25, 0.3) is 0 Å². The summed E-state index contributed by atoms with van der Waals surface area (Å²) in [7, 11) is -2.77. The molecule has 2 nitrogen and oxygen atoms in total. The lowest BCUT2D eigenvalue weighted by Gasteiger charge is -2.34. The lowest BCUT2D eigenvalue weighted by atomic mass is 9.94. The second-order valence-electron chi connectivity index (χ2n) is 16.4. The van der Waals surface area contributed by atoms with Crippen LogP contribution in [0.2, 0.25) is 0 Å². The van der Waals surface area contributed by atoms with Gasteiger partial charge in [-0.25, -0.2) is 0 Å². The van der Waals surface area contributed by atoms with Crippen LogP contribution in [0.3, 0.4) is 0 Å². The number of benzene rings is 10. The zero-order valence-corrected chi connectivity index (χ0v) is 35.6. The molecule has 0 atom stereocenters. The lowest BCUT2D eigenvalue weighted by Crippen LogP contribution is -2.74. The van der Waals surface area contributed by atoms with Crippen molar-refractivity contribution in [3.63, 3.8) is 0 Å². The zero-order valence-electron chi connectivity index (χ0n) is 34.6. The molecule has 0 aliphatic heterocycles. The Morgan fingerprint density at radius 3 is 1.37 bits per heavy atom. The van der Waals surface area contributed by atoms with E-state index in [0.29, 0.717) is 0 Å². The first kappa shape index (κ1) is 36.8. The lowest BCUT2D eigenvalue weighted by molar-refractivity contribution is 1.18. The number of fused-ring (bicyclic) bond motifs is 7. The Labute approximate surface area is 368 Å². The van der Waals surface area contributed by atoms with Gasteiger partial charge in [0.15, 0.2) is 8.07 Å².